The third-order valence-electron chi connectivity index (χ3n) is 2.76. The van der Waals surface area contributed by atoms with Gasteiger partial charge in [-0.1, -0.05) is 17.3 Å². The van der Waals surface area contributed by atoms with Gasteiger partial charge >= 0.3 is 12.0 Å². The summed E-state index contributed by atoms with van der Waals surface area (Å²) in [6, 6.07) is 5.92. The van der Waals surface area contributed by atoms with E-state index in [2.05, 4.69) is 30.7 Å². The lowest BCUT2D eigenvalue weighted by Crippen LogP contribution is -2.41. The lowest BCUT2D eigenvalue weighted by atomic mass is 10.1. The Balaban J connectivity index is 2.39. The average molecular weight is 362 g/mol. The number of hydrogen-bond donors (Lipinski definition) is 3. The number of H-pyrrole nitrogens is 1. The highest BCUT2D eigenvalue weighted by molar-refractivity contribution is 7.71. The van der Waals surface area contributed by atoms with Crippen molar-refractivity contribution in [2.75, 3.05) is 14.2 Å². The number of nitrogens with zero attached hydrogens (tertiary/aromatic N) is 3. The molecular formula is C14H14N6O4S. The van der Waals surface area contributed by atoms with Crippen LogP contribution >= 0.6 is 12.2 Å². The first-order chi connectivity index (χ1) is 12.0. The summed E-state index contributed by atoms with van der Waals surface area (Å²) in [6.07, 6.45) is 1.24. The van der Waals surface area contributed by atoms with Crippen molar-refractivity contribution < 1.29 is 19.2 Å². The Kier molecular flexibility index (Phi) is 6.12. The standard InChI is InChI=1S/C14H14N6O4S/c1-15-12(22)18-11(21)10(20-23-2)8-5-3-4-6-9(8)24-13-16-7-17-14(25)19-13/h3-7H,1-2H3,(H2,15,18,21,22)(H,16,17,19,25)/b20-10+. The zero-order chi connectivity index (χ0) is 18.2. The van der Waals surface area contributed by atoms with E-state index in [9.17, 15) is 9.59 Å². The number of benzene rings is 1. The van der Waals surface area contributed by atoms with Crippen LogP contribution in [-0.4, -0.2) is 46.8 Å². The molecule has 0 atom stereocenters. The van der Waals surface area contributed by atoms with Crippen LogP contribution < -0.4 is 15.4 Å². The summed E-state index contributed by atoms with van der Waals surface area (Å²) in [6.45, 7) is 0. The SMILES string of the molecule is CNC(=O)NC(=O)/C(=N/OC)c1ccccc1Oc1ncnc(=S)[nH]1. The quantitative estimate of drug-likeness (QED) is 0.413. The molecule has 2 rings (SSSR count). The summed E-state index contributed by atoms with van der Waals surface area (Å²) < 4.78 is 5.79. The molecule has 0 bridgehead atoms. The number of aromatic amines is 1. The van der Waals surface area contributed by atoms with Crippen molar-refractivity contribution in [1.29, 1.82) is 0 Å². The topological polar surface area (TPSA) is 131 Å². The molecule has 0 aliphatic rings. The number of imide groups is 1. The molecule has 0 saturated carbocycles. The van der Waals surface area contributed by atoms with Crippen LogP contribution in [0.25, 0.3) is 0 Å². The molecule has 0 aliphatic carbocycles. The fourth-order valence-electron chi connectivity index (χ4n) is 1.73. The summed E-state index contributed by atoms with van der Waals surface area (Å²) in [4.78, 5) is 38.7. The van der Waals surface area contributed by atoms with E-state index in [1.807, 2.05) is 0 Å². The Morgan fingerprint density at radius 3 is 2.72 bits per heavy atom. The van der Waals surface area contributed by atoms with E-state index >= 15 is 0 Å². The largest absolute Gasteiger partial charge is 0.425 e. The molecular weight excluding hydrogens is 348 g/mol. The molecule has 0 spiro atoms. The van der Waals surface area contributed by atoms with Gasteiger partial charge in [-0.05, 0) is 24.4 Å². The molecule has 1 aromatic carbocycles. The minimum atomic E-state index is -0.770. The van der Waals surface area contributed by atoms with E-state index in [4.69, 9.17) is 21.8 Å². The lowest BCUT2D eigenvalue weighted by molar-refractivity contribution is -0.113. The summed E-state index contributed by atoms with van der Waals surface area (Å²) in [7, 11) is 2.66. The molecule has 0 unspecified atom stereocenters. The molecule has 130 valence electrons. The number of amides is 3. The molecule has 1 heterocycles. The molecule has 0 aliphatic heterocycles. The normalized spacial score (nSPS) is 10.7. The van der Waals surface area contributed by atoms with Crippen molar-refractivity contribution in [3.63, 3.8) is 0 Å². The van der Waals surface area contributed by atoms with Crippen molar-refractivity contribution in [2.24, 2.45) is 5.16 Å². The van der Waals surface area contributed by atoms with Crippen LogP contribution in [0.15, 0.2) is 35.7 Å². The number of oxime groups is 1. The second-order valence-corrected chi connectivity index (χ2v) is 4.75. The molecule has 2 aromatic rings. The first-order valence-electron chi connectivity index (χ1n) is 6.88. The summed E-state index contributed by atoms with van der Waals surface area (Å²) in [5.74, 6) is -0.525. The Labute approximate surface area is 147 Å². The molecule has 3 amide bonds. The number of carbonyl (C=O) groups excluding carboxylic acids is 2. The molecule has 3 N–H and O–H groups in total. The second kappa shape index (κ2) is 8.49. The van der Waals surface area contributed by atoms with Crippen LogP contribution in [0.3, 0.4) is 0 Å². The number of nitrogens with one attached hydrogen (secondary N) is 3. The van der Waals surface area contributed by atoms with Gasteiger partial charge in [-0.2, -0.15) is 4.98 Å². The lowest BCUT2D eigenvalue weighted by Gasteiger charge is -2.11. The highest BCUT2D eigenvalue weighted by Gasteiger charge is 2.21. The fraction of sp³-hybridized carbons (Fsp3) is 0.143. The van der Waals surface area contributed by atoms with E-state index in [0.717, 1.165) is 0 Å². The molecule has 25 heavy (non-hydrogen) atoms. The maximum absolute atomic E-state index is 12.3. The van der Waals surface area contributed by atoms with Crippen molar-refractivity contribution in [1.82, 2.24) is 25.6 Å². The first kappa shape index (κ1) is 18.0. The van der Waals surface area contributed by atoms with Crippen LogP contribution in [0.2, 0.25) is 0 Å². The number of aromatic nitrogens is 3. The van der Waals surface area contributed by atoms with Crippen LogP contribution in [0.5, 0.6) is 11.8 Å². The molecule has 0 fully saturated rings. The van der Waals surface area contributed by atoms with Gasteiger partial charge in [-0.15, -0.1) is 0 Å². The highest BCUT2D eigenvalue weighted by atomic mass is 32.1. The van der Waals surface area contributed by atoms with Gasteiger partial charge < -0.3 is 14.9 Å². The van der Waals surface area contributed by atoms with Crippen LogP contribution in [-0.2, 0) is 9.63 Å². The van der Waals surface area contributed by atoms with Gasteiger partial charge in [-0.3, -0.25) is 15.1 Å². The van der Waals surface area contributed by atoms with E-state index in [1.165, 1.54) is 20.5 Å². The molecule has 0 saturated heterocycles. The predicted octanol–water partition coefficient (Wildman–Crippen LogP) is 1.13. The van der Waals surface area contributed by atoms with Gasteiger partial charge in [-0.25, -0.2) is 9.78 Å². The van der Waals surface area contributed by atoms with Gasteiger partial charge in [0.05, 0.1) is 5.56 Å². The fourth-order valence-corrected chi connectivity index (χ4v) is 1.86. The van der Waals surface area contributed by atoms with E-state index in [-0.39, 0.29) is 27.8 Å². The van der Waals surface area contributed by atoms with Gasteiger partial charge in [0.15, 0.2) is 5.71 Å². The van der Waals surface area contributed by atoms with E-state index < -0.39 is 11.9 Å². The Morgan fingerprint density at radius 1 is 1.28 bits per heavy atom. The van der Waals surface area contributed by atoms with Crippen LogP contribution in [0, 0.1) is 4.77 Å². The summed E-state index contributed by atoms with van der Waals surface area (Å²) in [5, 5.41) is 8.06. The molecule has 11 heteroatoms. The molecule has 10 nitrogen and oxygen atoms in total. The maximum atomic E-state index is 12.3. The van der Waals surface area contributed by atoms with E-state index in [1.54, 1.807) is 24.3 Å². The van der Waals surface area contributed by atoms with Crippen LogP contribution in [0.4, 0.5) is 4.79 Å². The Hall–Kier alpha value is -3.34. The third kappa shape index (κ3) is 4.81. The Bertz CT molecular complexity index is 866. The number of urea groups is 1. The minimum absolute atomic E-state index is 0.0796. The van der Waals surface area contributed by atoms with Gasteiger partial charge in [0, 0.05) is 7.05 Å². The van der Waals surface area contributed by atoms with Crippen LogP contribution in [0.1, 0.15) is 5.56 Å². The average Bonchev–Trinajstić information content (AvgIpc) is 2.60. The van der Waals surface area contributed by atoms with Gasteiger partial charge in [0.25, 0.3) is 5.91 Å². The predicted molar refractivity (Wildman–Crippen MR) is 89.9 cm³/mol. The van der Waals surface area contributed by atoms with E-state index in [0.29, 0.717) is 0 Å². The highest BCUT2D eigenvalue weighted by Crippen LogP contribution is 2.23. The molecule has 0 radical (unpaired) electrons. The second-order valence-electron chi connectivity index (χ2n) is 4.36. The van der Waals surface area contributed by atoms with Gasteiger partial charge in [0.2, 0.25) is 4.77 Å². The van der Waals surface area contributed by atoms with Crippen molar-refractivity contribution >= 4 is 29.9 Å². The smallest absolute Gasteiger partial charge is 0.321 e. The van der Waals surface area contributed by atoms with Crippen molar-refractivity contribution in [3.8, 4) is 11.8 Å². The number of para-hydroxylation sites is 1. The zero-order valence-corrected chi connectivity index (χ0v) is 14.1. The Morgan fingerprint density at radius 2 is 2.04 bits per heavy atom. The first-order valence-corrected chi connectivity index (χ1v) is 7.28. The number of carbonyl (C=O) groups is 2. The number of ether oxygens (including phenoxy) is 1. The maximum Gasteiger partial charge on any atom is 0.321 e. The monoisotopic (exact) mass is 362 g/mol. The summed E-state index contributed by atoms with van der Waals surface area (Å²) >= 11 is 4.91. The number of rotatable bonds is 5. The van der Waals surface area contributed by atoms with Gasteiger partial charge in [0.1, 0.15) is 19.2 Å². The zero-order valence-electron chi connectivity index (χ0n) is 13.3. The molecule has 1 aromatic heterocycles. The minimum Gasteiger partial charge on any atom is -0.425 e. The van der Waals surface area contributed by atoms with Crippen molar-refractivity contribution in [2.45, 2.75) is 0 Å². The number of hydrogen-bond acceptors (Lipinski definition) is 8. The summed E-state index contributed by atoms with van der Waals surface area (Å²) in [5.41, 5.74) is 0.123. The van der Waals surface area contributed by atoms with Crippen molar-refractivity contribution in [3.05, 3.63) is 40.9 Å². The third-order valence-corrected chi connectivity index (χ3v) is 2.97.